The van der Waals surface area contributed by atoms with Crippen molar-refractivity contribution in [3.63, 3.8) is 0 Å². The summed E-state index contributed by atoms with van der Waals surface area (Å²) in [7, 11) is 0. The summed E-state index contributed by atoms with van der Waals surface area (Å²) in [6, 6.07) is 8.51. The van der Waals surface area contributed by atoms with E-state index in [2.05, 4.69) is 4.98 Å². The van der Waals surface area contributed by atoms with E-state index in [4.69, 9.17) is 4.74 Å². The van der Waals surface area contributed by atoms with E-state index in [1.165, 1.54) is 6.07 Å². The summed E-state index contributed by atoms with van der Waals surface area (Å²) in [4.78, 5) is 3.77. The monoisotopic (exact) mass is 191 g/mol. The molecule has 0 N–H and O–H groups in total. The molecule has 0 aliphatic heterocycles. The molecule has 2 rings (SSSR count). The quantitative estimate of drug-likeness (QED) is 0.681. The lowest BCUT2D eigenvalue weighted by atomic mass is 10.2. The largest absolute Gasteiger partial charge is 0.494 e. The van der Waals surface area contributed by atoms with E-state index in [1.54, 1.807) is 12.1 Å². The van der Waals surface area contributed by atoms with Crippen LogP contribution in [0.2, 0.25) is 0 Å². The lowest BCUT2D eigenvalue weighted by molar-refractivity contribution is 0.340. The van der Waals surface area contributed by atoms with Crippen LogP contribution in [0.1, 0.15) is 6.92 Å². The van der Waals surface area contributed by atoms with Crippen LogP contribution in [0.4, 0.5) is 4.39 Å². The number of halogens is 1. The van der Waals surface area contributed by atoms with Gasteiger partial charge in [0.05, 0.1) is 12.1 Å². The topological polar surface area (TPSA) is 22.1 Å². The summed E-state index contributed by atoms with van der Waals surface area (Å²) in [5.41, 5.74) is 0.621. The minimum Gasteiger partial charge on any atom is -0.494 e. The van der Waals surface area contributed by atoms with Gasteiger partial charge in [0.2, 0.25) is 5.95 Å². The first kappa shape index (κ1) is 8.94. The van der Waals surface area contributed by atoms with E-state index in [0.29, 0.717) is 12.1 Å². The first-order valence-electron chi connectivity index (χ1n) is 4.48. The Balaban J connectivity index is 2.52. The lowest BCUT2D eigenvalue weighted by Crippen LogP contribution is -1.91. The van der Waals surface area contributed by atoms with Crippen molar-refractivity contribution in [2.24, 2.45) is 0 Å². The number of benzene rings is 1. The second kappa shape index (κ2) is 3.62. The zero-order valence-electron chi connectivity index (χ0n) is 7.83. The Kier molecular flexibility index (Phi) is 2.31. The predicted octanol–water partition coefficient (Wildman–Crippen LogP) is 2.77. The highest BCUT2D eigenvalue weighted by atomic mass is 19.1. The molecule has 0 amide bonds. The van der Waals surface area contributed by atoms with Gasteiger partial charge in [-0.25, -0.2) is 4.98 Å². The standard InChI is InChI=1S/C11H10FNO/c1-2-14-9-5-3-8-4-6-11(12)13-10(8)7-9/h3-7H,2H2,1H3. The third-order valence-electron chi connectivity index (χ3n) is 1.94. The van der Waals surface area contributed by atoms with Gasteiger partial charge in [-0.05, 0) is 31.2 Å². The molecule has 0 saturated carbocycles. The van der Waals surface area contributed by atoms with Crippen molar-refractivity contribution in [3.8, 4) is 5.75 Å². The molecule has 0 atom stereocenters. The van der Waals surface area contributed by atoms with E-state index in [1.807, 2.05) is 19.1 Å². The van der Waals surface area contributed by atoms with Crippen LogP contribution >= 0.6 is 0 Å². The molecule has 0 radical (unpaired) electrons. The third kappa shape index (κ3) is 1.66. The molecule has 72 valence electrons. The number of rotatable bonds is 2. The smallest absolute Gasteiger partial charge is 0.213 e. The SMILES string of the molecule is CCOc1ccc2ccc(F)nc2c1. The van der Waals surface area contributed by atoms with Gasteiger partial charge in [-0.2, -0.15) is 4.39 Å². The first-order chi connectivity index (χ1) is 6.79. The molecule has 0 bridgehead atoms. The van der Waals surface area contributed by atoms with Crippen LogP contribution in [0.5, 0.6) is 5.75 Å². The average Bonchev–Trinajstić information content (AvgIpc) is 2.17. The summed E-state index contributed by atoms with van der Waals surface area (Å²) in [6.45, 7) is 2.50. The van der Waals surface area contributed by atoms with Crippen molar-refractivity contribution in [1.29, 1.82) is 0 Å². The Morgan fingerprint density at radius 1 is 1.29 bits per heavy atom. The van der Waals surface area contributed by atoms with E-state index in [9.17, 15) is 4.39 Å². The summed E-state index contributed by atoms with van der Waals surface area (Å²) in [5.74, 6) is 0.254. The molecule has 14 heavy (non-hydrogen) atoms. The fraction of sp³-hybridized carbons (Fsp3) is 0.182. The maximum absolute atomic E-state index is 12.8. The summed E-state index contributed by atoms with van der Waals surface area (Å²) in [6.07, 6.45) is 0. The second-order valence-corrected chi connectivity index (χ2v) is 2.92. The van der Waals surface area contributed by atoms with Gasteiger partial charge in [-0.1, -0.05) is 0 Å². The highest BCUT2D eigenvalue weighted by Crippen LogP contribution is 2.19. The van der Waals surface area contributed by atoms with Crippen molar-refractivity contribution in [1.82, 2.24) is 4.98 Å². The Morgan fingerprint density at radius 3 is 2.86 bits per heavy atom. The zero-order chi connectivity index (χ0) is 9.97. The molecule has 0 aliphatic rings. The number of hydrogen-bond donors (Lipinski definition) is 0. The van der Waals surface area contributed by atoms with Gasteiger partial charge in [0.1, 0.15) is 5.75 Å². The first-order valence-corrected chi connectivity index (χ1v) is 4.48. The van der Waals surface area contributed by atoms with E-state index in [0.717, 1.165) is 11.1 Å². The Hall–Kier alpha value is -1.64. The molecule has 0 unspecified atom stereocenters. The molecule has 2 nitrogen and oxygen atoms in total. The summed E-state index contributed by atoms with van der Waals surface area (Å²) >= 11 is 0. The Bertz CT molecular complexity index is 456. The number of pyridine rings is 1. The van der Waals surface area contributed by atoms with Crippen LogP contribution in [0, 0.1) is 5.95 Å². The highest BCUT2D eigenvalue weighted by Gasteiger charge is 1.99. The fourth-order valence-electron chi connectivity index (χ4n) is 1.33. The molecule has 1 aromatic carbocycles. The van der Waals surface area contributed by atoms with Crippen molar-refractivity contribution >= 4 is 10.9 Å². The molecule has 2 aromatic rings. The predicted molar refractivity (Wildman–Crippen MR) is 52.9 cm³/mol. The van der Waals surface area contributed by atoms with Crippen LogP contribution in [0.15, 0.2) is 30.3 Å². The molecule has 0 saturated heterocycles. The van der Waals surface area contributed by atoms with Crippen molar-refractivity contribution in [3.05, 3.63) is 36.3 Å². The van der Waals surface area contributed by atoms with Crippen LogP contribution in [0.25, 0.3) is 10.9 Å². The molecular formula is C11H10FNO. The van der Waals surface area contributed by atoms with Gasteiger partial charge in [-0.3, -0.25) is 0 Å². The fourth-order valence-corrected chi connectivity index (χ4v) is 1.33. The third-order valence-corrected chi connectivity index (χ3v) is 1.94. The highest BCUT2D eigenvalue weighted by molar-refractivity contribution is 5.79. The zero-order valence-corrected chi connectivity index (χ0v) is 7.83. The van der Waals surface area contributed by atoms with Crippen LogP contribution in [-0.2, 0) is 0 Å². The van der Waals surface area contributed by atoms with Gasteiger partial charge in [-0.15, -0.1) is 0 Å². The maximum atomic E-state index is 12.8. The summed E-state index contributed by atoms with van der Waals surface area (Å²) in [5, 5.41) is 0.912. The Morgan fingerprint density at radius 2 is 2.07 bits per heavy atom. The lowest BCUT2D eigenvalue weighted by Gasteiger charge is -2.03. The molecule has 1 heterocycles. The van der Waals surface area contributed by atoms with Gasteiger partial charge < -0.3 is 4.74 Å². The van der Waals surface area contributed by atoms with Gasteiger partial charge >= 0.3 is 0 Å². The van der Waals surface area contributed by atoms with Gasteiger partial charge in [0.25, 0.3) is 0 Å². The number of aromatic nitrogens is 1. The minimum atomic E-state index is -0.467. The van der Waals surface area contributed by atoms with E-state index < -0.39 is 5.95 Å². The van der Waals surface area contributed by atoms with Crippen LogP contribution < -0.4 is 4.74 Å². The molecule has 3 heteroatoms. The van der Waals surface area contributed by atoms with Gasteiger partial charge in [0.15, 0.2) is 0 Å². The maximum Gasteiger partial charge on any atom is 0.213 e. The van der Waals surface area contributed by atoms with E-state index >= 15 is 0 Å². The molecular weight excluding hydrogens is 181 g/mol. The normalized spacial score (nSPS) is 10.4. The Labute approximate surface area is 81.3 Å². The average molecular weight is 191 g/mol. The van der Waals surface area contributed by atoms with E-state index in [-0.39, 0.29) is 0 Å². The van der Waals surface area contributed by atoms with Crippen LogP contribution in [-0.4, -0.2) is 11.6 Å². The minimum absolute atomic E-state index is 0.467. The number of nitrogens with zero attached hydrogens (tertiary/aromatic N) is 1. The molecule has 0 aliphatic carbocycles. The number of hydrogen-bond acceptors (Lipinski definition) is 2. The summed E-state index contributed by atoms with van der Waals surface area (Å²) < 4.78 is 18.1. The van der Waals surface area contributed by atoms with Crippen molar-refractivity contribution in [2.75, 3.05) is 6.61 Å². The number of fused-ring (bicyclic) bond motifs is 1. The van der Waals surface area contributed by atoms with Gasteiger partial charge in [0, 0.05) is 11.5 Å². The number of ether oxygens (including phenoxy) is 1. The molecule has 0 spiro atoms. The molecule has 1 aromatic heterocycles. The molecule has 0 fully saturated rings. The van der Waals surface area contributed by atoms with Crippen molar-refractivity contribution in [2.45, 2.75) is 6.92 Å². The van der Waals surface area contributed by atoms with Crippen LogP contribution in [0.3, 0.4) is 0 Å². The second-order valence-electron chi connectivity index (χ2n) is 2.92. The van der Waals surface area contributed by atoms with Crippen molar-refractivity contribution < 1.29 is 9.13 Å².